The molecule has 1 aromatic carbocycles. The van der Waals surface area contributed by atoms with Gasteiger partial charge < -0.3 is 10.2 Å². The quantitative estimate of drug-likeness (QED) is 0.746. The van der Waals surface area contributed by atoms with Crippen molar-refractivity contribution < 1.29 is 0 Å². The first-order chi connectivity index (χ1) is 8.15. The molecule has 17 heavy (non-hydrogen) atoms. The fourth-order valence-electron chi connectivity index (χ4n) is 1.75. The van der Waals surface area contributed by atoms with E-state index in [0.29, 0.717) is 0 Å². The van der Waals surface area contributed by atoms with Crippen molar-refractivity contribution in [3.63, 3.8) is 0 Å². The minimum Gasteiger partial charge on any atom is -0.385 e. The lowest BCUT2D eigenvalue weighted by Gasteiger charge is -2.17. The Balaban J connectivity index is 2.46. The highest BCUT2D eigenvalue weighted by Crippen LogP contribution is 2.22. The average Bonchev–Trinajstić information content (AvgIpc) is 2.30. The maximum atomic E-state index is 3.49. The fraction of sp³-hybridized carbons (Fsp3) is 0.571. The molecule has 0 saturated carbocycles. The first-order valence-electron chi connectivity index (χ1n) is 6.24. The smallest absolute Gasteiger partial charge is 0.0411 e. The number of benzene rings is 1. The van der Waals surface area contributed by atoms with Crippen molar-refractivity contribution in [1.82, 2.24) is 0 Å². The SMILES string of the molecule is CCSCCCNc1ccc(C)c(N(C)C)c1. The van der Waals surface area contributed by atoms with Crippen LogP contribution in [0, 0.1) is 6.92 Å². The number of aryl methyl sites for hydroxylation is 1. The highest BCUT2D eigenvalue weighted by atomic mass is 32.2. The third-order valence-electron chi connectivity index (χ3n) is 2.69. The molecule has 0 spiro atoms. The van der Waals surface area contributed by atoms with Gasteiger partial charge in [-0.05, 0) is 42.5 Å². The number of nitrogens with zero attached hydrogens (tertiary/aromatic N) is 1. The number of anilines is 2. The lowest BCUT2D eigenvalue weighted by atomic mass is 10.1. The van der Waals surface area contributed by atoms with Crippen LogP contribution in [0.5, 0.6) is 0 Å². The van der Waals surface area contributed by atoms with Crippen molar-refractivity contribution >= 4 is 23.1 Å². The monoisotopic (exact) mass is 252 g/mol. The maximum absolute atomic E-state index is 3.49. The molecule has 0 atom stereocenters. The van der Waals surface area contributed by atoms with E-state index in [4.69, 9.17) is 0 Å². The normalized spacial score (nSPS) is 10.4. The van der Waals surface area contributed by atoms with Gasteiger partial charge in [0.25, 0.3) is 0 Å². The van der Waals surface area contributed by atoms with Gasteiger partial charge in [0.1, 0.15) is 0 Å². The Kier molecular flexibility index (Phi) is 6.27. The highest BCUT2D eigenvalue weighted by molar-refractivity contribution is 7.99. The van der Waals surface area contributed by atoms with E-state index in [1.54, 1.807) is 0 Å². The Morgan fingerprint density at radius 2 is 2.06 bits per heavy atom. The van der Waals surface area contributed by atoms with E-state index in [-0.39, 0.29) is 0 Å². The fourth-order valence-corrected chi connectivity index (χ4v) is 2.39. The Morgan fingerprint density at radius 1 is 1.29 bits per heavy atom. The third kappa shape index (κ3) is 4.90. The van der Waals surface area contributed by atoms with Gasteiger partial charge in [0.15, 0.2) is 0 Å². The minimum atomic E-state index is 1.06. The summed E-state index contributed by atoms with van der Waals surface area (Å²) in [7, 11) is 4.17. The second-order valence-corrected chi connectivity index (χ2v) is 5.77. The standard InChI is InChI=1S/C14H24N2S/c1-5-17-10-6-9-15-13-8-7-12(2)14(11-13)16(3)4/h7-8,11,15H,5-6,9-10H2,1-4H3. The molecule has 0 aromatic heterocycles. The molecule has 0 unspecified atom stereocenters. The van der Waals surface area contributed by atoms with Crippen molar-refractivity contribution in [3.05, 3.63) is 23.8 Å². The van der Waals surface area contributed by atoms with Gasteiger partial charge in [0, 0.05) is 32.0 Å². The van der Waals surface area contributed by atoms with Crippen LogP contribution in [-0.2, 0) is 0 Å². The number of thioether (sulfide) groups is 1. The average molecular weight is 252 g/mol. The van der Waals surface area contributed by atoms with Crippen molar-refractivity contribution in [2.75, 3.05) is 42.4 Å². The summed E-state index contributed by atoms with van der Waals surface area (Å²) in [6, 6.07) is 6.57. The largest absolute Gasteiger partial charge is 0.385 e. The lowest BCUT2D eigenvalue weighted by molar-refractivity contribution is 0.990. The summed E-state index contributed by atoms with van der Waals surface area (Å²) in [4.78, 5) is 2.16. The van der Waals surface area contributed by atoms with Crippen LogP contribution in [-0.4, -0.2) is 32.1 Å². The number of hydrogen-bond donors (Lipinski definition) is 1. The van der Waals surface area contributed by atoms with Crippen LogP contribution in [0.15, 0.2) is 18.2 Å². The Morgan fingerprint density at radius 3 is 2.71 bits per heavy atom. The maximum Gasteiger partial charge on any atom is 0.0411 e. The van der Waals surface area contributed by atoms with Crippen LogP contribution in [0.4, 0.5) is 11.4 Å². The van der Waals surface area contributed by atoms with Crippen LogP contribution >= 0.6 is 11.8 Å². The summed E-state index contributed by atoms with van der Waals surface area (Å²) < 4.78 is 0. The van der Waals surface area contributed by atoms with Gasteiger partial charge in [0.05, 0.1) is 0 Å². The van der Waals surface area contributed by atoms with E-state index in [0.717, 1.165) is 6.54 Å². The summed E-state index contributed by atoms with van der Waals surface area (Å²) >= 11 is 2.01. The van der Waals surface area contributed by atoms with E-state index < -0.39 is 0 Å². The zero-order chi connectivity index (χ0) is 12.7. The van der Waals surface area contributed by atoms with Crippen LogP contribution in [0.25, 0.3) is 0 Å². The molecule has 0 aliphatic carbocycles. The molecule has 1 aromatic rings. The molecule has 0 amide bonds. The van der Waals surface area contributed by atoms with Gasteiger partial charge >= 0.3 is 0 Å². The molecular formula is C14H24N2S. The van der Waals surface area contributed by atoms with E-state index in [9.17, 15) is 0 Å². The van der Waals surface area contributed by atoms with Crippen molar-refractivity contribution in [3.8, 4) is 0 Å². The minimum absolute atomic E-state index is 1.06. The molecule has 0 radical (unpaired) electrons. The Bertz CT molecular complexity index is 337. The first-order valence-corrected chi connectivity index (χ1v) is 7.40. The topological polar surface area (TPSA) is 15.3 Å². The molecule has 0 fully saturated rings. The van der Waals surface area contributed by atoms with E-state index in [1.165, 1.54) is 34.9 Å². The van der Waals surface area contributed by atoms with Crippen LogP contribution in [0.3, 0.4) is 0 Å². The molecule has 0 aliphatic rings. The van der Waals surface area contributed by atoms with Crippen LogP contribution in [0.1, 0.15) is 18.9 Å². The molecule has 1 N–H and O–H groups in total. The van der Waals surface area contributed by atoms with Crippen molar-refractivity contribution in [2.45, 2.75) is 20.3 Å². The molecule has 0 bridgehead atoms. The predicted octanol–water partition coefficient (Wildman–Crippen LogP) is 3.62. The van der Waals surface area contributed by atoms with E-state index in [1.807, 2.05) is 11.8 Å². The van der Waals surface area contributed by atoms with Gasteiger partial charge in [-0.25, -0.2) is 0 Å². The van der Waals surface area contributed by atoms with Crippen molar-refractivity contribution in [1.29, 1.82) is 0 Å². The molecule has 0 aliphatic heterocycles. The Hall–Kier alpha value is -0.830. The number of rotatable bonds is 7. The summed E-state index contributed by atoms with van der Waals surface area (Å²) in [6.07, 6.45) is 1.23. The summed E-state index contributed by atoms with van der Waals surface area (Å²) in [5, 5.41) is 3.49. The number of hydrogen-bond acceptors (Lipinski definition) is 3. The molecular weight excluding hydrogens is 228 g/mol. The van der Waals surface area contributed by atoms with E-state index in [2.05, 4.69) is 56.4 Å². The summed E-state index contributed by atoms with van der Waals surface area (Å²) in [5.74, 6) is 2.46. The molecule has 2 nitrogen and oxygen atoms in total. The second kappa shape index (κ2) is 7.49. The van der Waals surface area contributed by atoms with Gasteiger partial charge in [0.2, 0.25) is 0 Å². The van der Waals surface area contributed by atoms with E-state index >= 15 is 0 Å². The predicted molar refractivity (Wildman–Crippen MR) is 81.6 cm³/mol. The molecule has 0 saturated heterocycles. The number of nitrogens with one attached hydrogen (secondary N) is 1. The highest BCUT2D eigenvalue weighted by Gasteiger charge is 2.01. The van der Waals surface area contributed by atoms with Crippen LogP contribution < -0.4 is 10.2 Å². The molecule has 1 rings (SSSR count). The molecule has 3 heteroatoms. The summed E-state index contributed by atoms with van der Waals surface area (Å²) in [6.45, 7) is 5.42. The molecule has 96 valence electrons. The zero-order valence-corrected chi connectivity index (χ0v) is 12.2. The van der Waals surface area contributed by atoms with Gasteiger partial charge in [-0.3, -0.25) is 0 Å². The lowest BCUT2D eigenvalue weighted by Crippen LogP contribution is -2.11. The van der Waals surface area contributed by atoms with Gasteiger partial charge in [-0.1, -0.05) is 13.0 Å². The second-order valence-electron chi connectivity index (χ2n) is 4.37. The van der Waals surface area contributed by atoms with Gasteiger partial charge in [-0.2, -0.15) is 11.8 Å². The first kappa shape index (κ1) is 14.2. The van der Waals surface area contributed by atoms with Crippen molar-refractivity contribution in [2.24, 2.45) is 0 Å². The summed E-state index contributed by atoms with van der Waals surface area (Å²) in [5.41, 5.74) is 3.83. The Labute approximate surface area is 110 Å². The molecule has 0 heterocycles. The zero-order valence-electron chi connectivity index (χ0n) is 11.4. The van der Waals surface area contributed by atoms with Gasteiger partial charge in [-0.15, -0.1) is 0 Å². The van der Waals surface area contributed by atoms with Crippen LogP contribution in [0.2, 0.25) is 0 Å². The third-order valence-corrected chi connectivity index (χ3v) is 3.68.